The van der Waals surface area contributed by atoms with Crippen molar-refractivity contribution in [2.45, 2.75) is 19.4 Å². The first-order chi connectivity index (χ1) is 15.3. The Balaban J connectivity index is 1.50. The molecule has 0 saturated carbocycles. The molecule has 2 aromatic carbocycles. The average molecular weight is 458 g/mol. The van der Waals surface area contributed by atoms with Crippen LogP contribution < -0.4 is 20.2 Å². The molecule has 4 rings (SSSR count). The number of hydrogen-bond acceptors (Lipinski definition) is 7. The second-order valence-corrected chi connectivity index (χ2v) is 9.93. The summed E-state index contributed by atoms with van der Waals surface area (Å²) in [5.41, 5.74) is 1.38. The predicted octanol–water partition coefficient (Wildman–Crippen LogP) is 2.46. The maximum atomic E-state index is 13.1. The molecule has 1 aliphatic rings. The van der Waals surface area contributed by atoms with Crippen LogP contribution in [0.2, 0.25) is 0 Å². The Kier molecular flexibility index (Phi) is 5.92. The topological polar surface area (TPSA) is 112 Å². The fourth-order valence-corrected chi connectivity index (χ4v) is 5.47. The van der Waals surface area contributed by atoms with Crippen LogP contribution in [-0.2, 0) is 14.6 Å². The number of ether oxygens (including phenoxy) is 2. The van der Waals surface area contributed by atoms with Crippen LogP contribution in [0, 0.1) is 6.92 Å². The zero-order chi connectivity index (χ0) is 22.9. The molecule has 0 spiro atoms. The Bertz CT molecular complexity index is 1330. The number of methoxy groups -OCH3 is 1. The van der Waals surface area contributed by atoms with E-state index >= 15 is 0 Å². The SMILES string of the molecule is COc1ccc(-c2c(C)oc3cc(OCC(=O)N[C@@H]4CCS(=O)(=O)C4)ccc3c2=O)cc1. The van der Waals surface area contributed by atoms with Gasteiger partial charge in [-0.05, 0) is 43.2 Å². The lowest BCUT2D eigenvalue weighted by atomic mass is 10.0. The van der Waals surface area contributed by atoms with Gasteiger partial charge in [-0.15, -0.1) is 0 Å². The van der Waals surface area contributed by atoms with E-state index in [2.05, 4.69) is 5.32 Å². The summed E-state index contributed by atoms with van der Waals surface area (Å²) in [6.45, 7) is 1.45. The van der Waals surface area contributed by atoms with Crippen LogP contribution in [0.25, 0.3) is 22.1 Å². The number of carbonyl (C=O) groups is 1. The summed E-state index contributed by atoms with van der Waals surface area (Å²) in [6, 6.07) is 11.5. The first-order valence-corrected chi connectivity index (χ1v) is 11.9. The summed E-state index contributed by atoms with van der Waals surface area (Å²) in [4.78, 5) is 25.2. The normalized spacial score (nSPS) is 17.2. The fraction of sp³-hybridized carbons (Fsp3) is 0.304. The molecule has 0 radical (unpaired) electrons. The predicted molar refractivity (Wildman–Crippen MR) is 120 cm³/mol. The second kappa shape index (κ2) is 8.66. The Morgan fingerprint density at radius 1 is 1.16 bits per heavy atom. The van der Waals surface area contributed by atoms with Crippen molar-refractivity contribution < 1.29 is 27.1 Å². The summed E-state index contributed by atoms with van der Waals surface area (Å²) in [5.74, 6) is 1.16. The standard InChI is InChI=1S/C23H23NO7S/c1-14-22(15-3-5-17(29-2)6-4-15)23(26)19-8-7-18(11-20(19)31-14)30-12-21(25)24-16-9-10-32(27,28)13-16/h3-8,11,16H,9-10,12-13H2,1-2H3,(H,24,25)/t16-/m1/s1. The van der Waals surface area contributed by atoms with Crippen molar-refractivity contribution in [2.75, 3.05) is 25.2 Å². The van der Waals surface area contributed by atoms with Gasteiger partial charge in [0, 0.05) is 12.1 Å². The highest BCUT2D eigenvalue weighted by atomic mass is 32.2. The van der Waals surface area contributed by atoms with Crippen LogP contribution in [0.15, 0.2) is 51.7 Å². The lowest BCUT2D eigenvalue weighted by Crippen LogP contribution is -2.38. The van der Waals surface area contributed by atoms with E-state index in [1.165, 1.54) is 0 Å². The van der Waals surface area contributed by atoms with Crippen molar-refractivity contribution >= 4 is 26.7 Å². The summed E-state index contributed by atoms with van der Waals surface area (Å²) in [7, 11) is -1.50. The molecular weight excluding hydrogens is 434 g/mol. The van der Waals surface area contributed by atoms with E-state index in [1.54, 1.807) is 56.5 Å². The molecule has 0 unspecified atom stereocenters. The number of hydrogen-bond donors (Lipinski definition) is 1. The van der Waals surface area contributed by atoms with E-state index in [0.29, 0.717) is 40.2 Å². The molecule has 0 aliphatic carbocycles. The minimum absolute atomic E-state index is 0.0460. The van der Waals surface area contributed by atoms with Gasteiger partial charge in [-0.1, -0.05) is 12.1 Å². The molecule has 8 nitrogen and oxygen atoms in total. The molecule has 3 aromatic rings. The lowest BCUT2D eigenvalue weighted by molar-refractivity contribution is -0.123. The van der Waals surface area contributed by atoms with Crippen LogP contribution in [0.5, 0.6) is 11.5 Å². The van der Waals surface area contributed by atoms with Crippen molar-refractivity contribution in [3.8, 4) is 22.6 Å². The quantitative estimate of drug-likeness (QED) is 0.605. The van der Waals surface area contributed by atoms with Gasteiger partial charge >= 0.3 is 0 Å². The second-order valence-electron chi connectivity index (χ2n) is 7.70. The maximum absolute atomic E-state index is 13.1. The third kappa shape index (κ3) is 4.62. The Labute approximate surface area is 185 Å². The van der Waals surface area contributed by atoms with Gasteiger partial charge in [-0.3, -0.25) is 9.59 Å². The molecule has 1 atom stereocenters. The number of aryl methyl sites for hydroxylation is 1. The summed E-state index contributed by atoms with van der Waals surface area (Å²) in [6.07, 6.45) is 0.408. The van der Waals surface area contributed by atoms with Gasteiger partial charge < -0.3 is 19.2 Å². The molecule has 1 aromatic heterocycles. The van der Waals surface area contributed by atoms with Gasteiger partial charge in [0.15, 0.2) is 16.4 Å². The number of carbonyl (C=O) groups excluding carboxylic acids is 1. The minimum Gasteiger partial charge on any atom is -0.497 e. The monoisotopic (exact) mass is 457 g/mol. The van der Waals surface area contributed by atoms with Gasteiger partial charge in [0.25, 0.3) is 5.91 Å². The first kappa shape index (κ1) is 21.9. The highest BCUT2D eigenvalue weighted by Gasteiger charge is 2.28. The van der Waals surface area contributed by atoms with Crippen molar-refractivity contribution in [2.24, 2.45) is 0 Å². The van der Waals surface area contributed by atoms with Gasteiger partial charge in [-0.2, -0.15) is 0 Å². The van der Waals surface area contributed by atoms with Gasteiger partial charge in [0.05, 0.1) is 29.6 Å². The van der Waals surface area contributed by atoms with Crippen LogP contribution in [0.1, 0.15) is 12.2 Å². The van der Waals surface area contributed by atoms with Crippen molar-refractivity contribution in [3.63, 3.8) is 0 Å². The van der Waals surface area contributed by atoms with Gasteiger partial charge in [0.1, 0.15) is 22.8 Å². The molecule has 1 aliphatic heterocycles. The van der Waals surface area contributed by atoms with Gasteiger partial charge in [-0.25, -0.2) is 8.42 Å². The van der Waals surface area contributed by atoms with Crippen LogP contribution >= 0.6 is 0 Å². The Morgan fingerprint density at radius 3 is 2.53 bits per heavy atom. The third-order valence-electron chi connectivity index (χ3n) is 5.39. The molecule has 1 saturated heterocycles. The lowest BCUT2D eigenvalue weighted by Gasteiger charge is -2.12. The number of sulfone groups is 1. The summed E-state index contributed by atoms with van der Waals surface area (Å²) < 4.78 is 39.6. The number of fused-ring (bicyclic) bond motifs is 1. The molecule has 2 heterocycles. The molecule has 1 N–H and O–H groups in total. The average Bonchev–Trinajstić information content (AvgIpc) is 3.10. The summed E-state index contributed by atoms with van der Waals surface area (Å²) >= 11 is 0. The molecule has 9 heteroatoms. The minimum atomic E-state index is -3.07. The van der Waals surface area contributed by atoms with E-state index in [1.807, 2.05) is 0 Å². The van der Waals surface area contributed by atoms with Crippen molar-refractivity contribution in [1.82, 2.24) is 5.32 Å². The summed E-state index contributed by atoms with van der Waals surface area (Å²) in [5, 5.41) is 3.07. The molecule has 32 heavy (non-hydrogen) atoms. The van der Waals surface area contributed by atoms with Crippen LogP contribution in [-0.4, -0.2) is 45.6 Å². The van der Waals surface area contributed by atoms with E-state index < -0.39 is 15.7 Å². The molecule has 1 amide bonds. The zero-order valence-corrected chi connectivity index (χ0v) is 18.5. The van der Waals surface area contributed by atoms with Crippen molar-refractivity contribution in [1.29, 1.82) is 0 Å². The Hall–Kier alpha value is -3.33. The first-order valence-electron chi connectivity index (χ1n) is 10.1. The molecular formula is C23H23NO7S. The van der Waals surface area contributed by atoms with Crippen LogP contribution in [0.3, 0.4) is 0 Å². The highest BCUT2D eigenvalue weighted by molar-refractivity contribution is 7.91. The van der Waals surface area contributed by atoms with Crippen molar-refractivity contribution in [3.05, 3.63) is 58.4 Å². The Morgan fingerprint density at radius 2 is 1.88 bits per heavy atom. The number of nitrogens with one attached hydrogen (secondary N) is 1. The van der Waals surface area contributed by atoms with E-state index in [9.17, 15) is 18.0 Å². The maximum Gasteiger partial charge on any atom is 0.258 e. The number of benzene rings is 2. The smallest absolute Gasteiger partial charge is 0.258 e. The highest BCUT2D eigenvalue weighted by Crippen LogP contribution is 2.27. The fourth-order valence-electron chi connectivity index (χ4n) is 3.79. The number of rotatable bonds is 6. The number of amides is 1. The third-order valence-corrected chi connectivity index (χ3v) is 7.15. The zero-order valence-electron chi connectivity index (χ0n) is 17.7. The van der Waals surface area contributed by atoms with E-state index in [-0.39, 0.29) is 29.6 Å². The molecule has 168 valence electrons. The van der Waals surface area contributed by atoms with E-state index in [0.717, 1.165) is 5.56 Å². The van der Waals surface area contributed by atoms with Gasteiger partial charge in [0.2, 0.25) is 5.43 Å². The molecule has 0 bridgehead atoms. The van der Waals surface area contributed by atoms with Crippen LogP contribution in [0.4, 0.5) is 0 Å². The largest absolute Gasteiger partial charge is 0.497 e. The van der Waals surface area contributed by atoms with E-state index in [4.69, 9.17) is 13.9 Å². The molecule has 1 fully saturated rings.